The Labute approximate surface area is 187 Å². The number of nitrogens with one attached hydrogen (secondary N) is 2. The van der Waals surface area contributed by atoms with E-state index < -0.39 is 17.9 Å². The molecule has 0 aliphatic carbocycles. The van der Waals surface area contributed by atoms with Crippen LogP contribution in [0, 0.1) is 12.8 Å². The minimum Gasteiger partial charge on any atom is -0.461 e. The highest BCUT2D eigenvalue weighted by Crippen LogP contribution is 2.35. The molecule has 1 amide bonds. The molecular weight excluding hydrogens is 412 g/mol. The topological polar surface area (TPSA) is 115 Å². The lowest BCUT2D eigenvalue weighted by molar-refractivity contribution is -0.142. The van der Waals surface area contributed by atoms with E-state index in [0.29, 0.717) is 34.4 Å². The van der Waals surface area contributed by atoms with Crippen molar-refractivity contribution in [3.63, 3.8) is 0 Å². The molecule has 1 aliphatic heterocycles. The first-order valence-electron chi connectivity index (χ1n) is 10.2. The number of allylic oxidation sites excluding steroid dienone is 2. The summed E-state index contributed by atoms with van der Waals surface area (Å²) in [5.41, 5.74) is 2.81. The van der Waals surface area contributed by atoms with E-state index in [2.05, 4.69) is 23.5 Å². The molecule has 1 aromatic heterocycles. The van der Waals surface area contributed by atoms with Gasteiger partial charge in [-0.25, -0.2) is 4.79 Å². The van der Waals surface area contributed by atoms with E-state index in [1.807, 2.05) is 0 Å². The molecule has 1 unspecified atom stereocenters. The minimum atomic E-state index is -0.692. The number of hydrogen-bond donors (Lipinski definition) is 2. The van der Waals surface area contributed by atoms with Crippen LogP contribution in [0.5, 0.6) is 0 Å². The van der Waals surface area contributed by atoms with Crippen molar-refractivity contribution in [3.8, 4) is 0 Å². The van der Waals surface area contributed by atoms with Crippen molar-refractivity contribution in [2.45, 2.75) is 33.6 Å². The van der Waals surface area contributed by atoms with E-state index in [1.165, 1.54) is 12.2 Å². The van der Waals surface area contributed by atoms with Crippen molar-refractivity contribution >= 4 is 29.7 Å². The standard InChI is InChI=1S/C24H28N2O6/c1-6-11-31-19(28)10-9-17-14(4)18(13-27)25-22(17)20(24(30)32-12-7-2)21-16(8-3)15(5)23(29)26-21/h6-8,13,15,25H,1-2,9-12H2,3-5H3,(H,26,29)/b16-8+,21-20-. The van der Waals surface area contributed by atoms with Crippen LogP contribution in [0.25, 0.3) is 5.57 Å². The van der Waals surface area contributed by atoms with Crippen LogP contribution in [0.15, 0.2) is 42.7 Å². The van der Waals surface area contributed by atoms with Gasteiger partial charge < -0.3 is 19.8 Å². The quantitative estimate of drug-likeness (QED) is 0.250. The largest absolute Gasteiger partial charge is 0.461 e. The number of aromatic amines is 1. The van der Waals surface area contributed by atoms with Crippen LogP contribution in [0.1, 0.15) is 47.6 Å². The summed E-state index contributed by atoms with van der Waals surface area (Å²) in [4.78, 5) is 52.1. The molecule has 1 fully saturated rings. The molecule has 170 valence electrons. The fraction of sp³-hybridized carbons (Fsp3) is 0.333. The molecule has 0 bridgehead atoms. The molecule has 8 nitrogen and oxygen atoms in total. The van der Waals surface area contributed by atoms with Gasteiger partial charge in [-0.3, -0.25) is 14.4 Å². The Kier molecular flexibility index (Phi) is 8.52. The Morgan fingerprint density at radius 3 is 2.41 bits per heavy atom. The second kappa shape index (κ2) is 11.1. The molecular formula is C24H28N2O6. The number of aldehydes is 1. The number of hydrogen-bond acceptors (Lipinski definition) is 6. The van der Waals surface area contributed by atoms with Gasteiger partial charge in [-0.05, 0) is 43.9 Å². The normalized spacial score (nSPS) is 18.2. The van der Waals surface area contributed by atoms with E-state index in [4.69, 9.17) is 9.47 Å². The Hall–Kier alpha value is -3.68. The van der Waals surface area contributed by atoms with E-state index in [1.54, 1.807) is 26.8 Å². The zero-order chi connectivity index (χ0) is 23.8. The van der Waals surface area contributed by atoms with Crippen molar-refractivity contribution < 1.29 is 28.7 Å². The van der Waals surface area contributed by atoms with Crippen LogP contribution >= 0.6 is 0 Å². The number of esters is 2. The summed E-state index contributed by atoms with van der Waals surface area (Å²) in [6.45, 7) is 12.3. The number of carbonyl (C=O) groups is 4. The molecule has 1 atom stereocenters. The predicted octanol–water partition coefficient (Wildman–Crippen LogP) is 2.95. The summed E-state index contributed by atoms with van der Waals surface area (Å²) < 4.78 is 10.3. The van der Waals surface area contributed by atoms with Gasteiger partial charge in [0.25, 0.3) is 0 Å². The molecule has 1 aliphatic rings. The van der Waals surface area contributed by atoms with E-state index in [-0.39, 0.29) is 43.2 Å². The van der Waals surface area contributed by atoms with Crippen molar-refractivity contribution in [3.05, 3.63) is 65.2 Å². The maximum absolute atomic E-state index is 13.1. The van der Waals surface area contributed by atoms with Crippen LogP contribution in [-0.2, 0) is 30.3 Å². The zero-order valence-electron chi connectivity index (χ0n) is 18.6. The van der Waals surface area contributed by atoms with Gasteiger partial charge in [0.1, 0.15) is 18.8 Å². The molecule has 32 heavy (non-hydrogen) atoms. The molecule has 0 saturated carbocycles. The molecule has 0 aromatic carbocycles. The molecule has 0 spiro atoms. The SMILES string of the molecule is C=CCOC(=O)CCc1c(/C(C(=O)OCC=C)=C2/NC(=O)C(C)/C2=C\C)[nH]c(C=O)c1C. The molecule has 8 heteroatoms. The number of ether oxygens (including phenoxy) is 2. The average Bonchev–Trinajstić information content (AvgIpc) is 3.24. The first-order valence-corrected chi connectivity index (χ1v) is 10.2. The van der Waals surface area contributed by atoms with Crippen molar-refractivity contribution in [2.24, 2.45) is 5.92 Å². The fourth-order valence-electron chi connectivity index (χ4n) is 3.55. The first kappa shape index (κ1) is 24.6. The summed E-state index contributed by atoms with van der Waals surface area (Å²) in [7, 11) is 0. The number of amides is 1. The number of aromatic nitrogens is 1. The highest BCUT2D eigenvalue weighted by molar-refractivity contribution is 6.20. The Bertz CT molecular complexity index is 1010. The van der Waals surface area contributed by atoms with Crippen LogP contribution in [-0.4, -0.2) is 42.3 Å². The van der Waals surface area contributed by atoms with E-state index in [0.717, 1.165) is 0 Å². The van der Waals surface area contributed by atoms with Crippen LogP contribution in [0.3, 0.4) is 0 Å². The second-order valence-electron chi connectivity index (χ2n) is 7.20. The highest BCUT2D eigenvalue weighted by Gasteiger charge is 2.36. The predicted molar refractivity (Wildman–Crippen MR) is 120 cm³/mol. The Morgan fingerprint density at radius 2 is 1.81 bits per heavy atom. The molecule has 2 heterocycles. The van der Waals surface area contributed by atoms with Crippen LogP contribution in [0.2, 0.25) is 0 Å². The number of carbonyl (C=O) groups excluding carboxylic acids is 4. The lowest BCUT2D eigenvalue weighted by atomic mass is 9.95. The lowest BCUT2D eigenvalue weighted by Gasteiger charge is -2.14. The molecule has 2 N–H and O–H groups in total. The summed E-state index contributed by atoms with van der Waals surface area (Å²) in [6.07, 6.45) is 5.53. The van der Waals surface area contributed by atoms with Gasteiger partial charge in [0, 0.05) is 6.42 Å². The summed E-state index contributed by atoms with van der Waals surface area (Å²) >= 11 is 0. The van der Waals surface area contributed by atoms with Gasteiger partial charge in [0.05, 0.1) is 23.0 Å². The summed E-state index contributed by atoms with van der Waals surface area (Å²) in [6, 6.07) is 0. The average molecular weight is 440 g/mol. The van der Waals surface area contributed by atoms with Crippen molar-refractivity contribution in [2.75, 3.05) is 13.2 Å². The fourth-order valence-corrected chi connectivity index (χ4v) is 3.55. The van der Waals surface area contributed by atoms with Crippen LogP contribution in [0.4, 0.5) is 0 Å². The summed E-state index contributed by atoms with van der Waals surface area (Å²) in [5.74, 6) is -1.85. The van der Waals surface area contributed by atoms with Gasteiger partial charge in [-0.1, -0.05) is 31.4 Å². The van der Waals surface area contributed by atoms with Gasteiger partial charge in [0.2, 0.25) is 5.91 Å². The number of rotatable bonds is 10. The summed E-state index contributed by atoms with van der Waals surface area (Å²) in [5, 5.41) is 2.76. The second-order valence-corrected chi connectivity index (χ2v) is 7.20. The first-order chi connectivity index (χ1) is 15.3. The third kappa shape index (κ3) is 5.14. The van der Waals surface area contributed by atoms with Gasteiger partial charge in [0.15, 0.2) is 6.29 Å². The number of H-pyrrole nitrogens is 1. The van der Waals surface area contributed by atoms with Gasteiger partial charge >= 0.3 is 11.9 Å². The highest BCUT2D eigenvalue weighted by atomic mass is 16.5. The lowest BCUT2D eigenvalue weighted by Crippen LogP contribution is -2.20. The molecule has 0 radical (unpaired) electrons. The van der Waals surface area contributed by atoms with Crippen molar-refractivity contribution in [1.82, 2.24) is 10.3 Å². The van der Waals surface area contributed by atoms with Crippen molar-refractivity contribution in [1.29, 1.82) is 0 Å². The van der Waals surface area contributed by atoms with Gasteiger partial charge in [-0.2, -0.15) is 0 Å². The Morgan fingerprint density at radius 1 is 1.16 bits per heavy atom. The van der Waals surface area contributed by atoms with E-state index >= 15 is 0 Å². The molecule has 1 saturated heterocycles. The smallest absolute Gasteiger partial charge is 0.342 e. The van der Waals surface area contributed by atoms with E-state index in [9.17, 15) is 19.2 Å². The third-order valence-electron chi connectivity index (χ3n) is 5.22. The van der Waals surface area contributed by atoms with Gasteiger partial charge in [-0.15, -0.1) is 0 Å². The molecule has 1 aromatic rings. The Balaban J connectivity index is 2.64. The maximum Gasteiger partial charge on any atom is 0.342 e. The third-order valence-corrected chi connectivity index (χ3v) is 5.22. The van der Waals surface area contributed by atoms with Crippen LogP contribution < -0.4 is 5.32 Å². The molecule has 2 rings (SSSR count). The zero-order valence-corrected chi connectivity index (χ0v) is 18.6. The maximum atomic E-state index is 13.1. The minimum absolute atomic E-state index is 0.0292. The monoisotopic (exact) mass is 440 g/mol.